The first kappa shape index (κ1) is 15.2. The van der Waals surface area contributed by atoms with Gasteiger partial charge in [0.05, 0.1) is 5.41 Å². The van der Waals surface area contributed by atoms with E-state index in [0.717, 1.165) is 5.56 Å². The van der Waals surface area contributed by atoms with E-state index in [1.807, 2.05) is 32.9 Å². The van der Waals surface area contributed by atoms with E-state index in [1.54, 1.807) is 0 Å². The molecule has 100 valence electrons. The van der Waals surface area contributed by atoms with E-state index in [9.17, 15) is 4.79 Å². The van der Waals surface area contributed by atoms with Gasteiger partial charge in [0, 0.05) is 0 Å². The highest BCUT2D eigenvalue weighted by atomic mass is 35.5. The van der Waals surface area contributed by atoms with Crippen molar-refractivity contribution in [3.63, 3.8) is 0 Å². The molecule has 1 atom stereocenters. The second kappa shape index (κ2) is 5.05. The smallest absolute Gasteiger partial charge is 0.232 e. The molecule has 2 heteroatoms. The molecule has 1 unspecified atom stereocenters. The highest BCUT2D eigenvalue weighted by Gasteiger charge is 2.37. The van der Waals surface area contributed by atoms with E-state index >= 15 is 0 Å². The molecular weight excluding hydrogens is 244 g/mol. The van der Waals surface area contributed by atoms with Gasteiger partial charge in [-0.3, -0.25) is 4.79 Å². The van der Waals surface area contributed by atoms with Crippen LogP contribution in [-0.4, -0.2) is 5.24 Å². The fourth-order valence-corrected chi connectivity index (χ4v) is 2.32. The van der Waals surface area contributed by atoms with Crippen LogP contribution >= 0.6 is 11.6 Å². The molecule has 0 aliphatic carbocycles. The number of rotatable bonds is 3. The van der Waals surface area contributed by atoms with Crippen molar-refractivity contribution in [2.75, 3.05) is 0 Å². The molecule has 0 aliphatic heterocycles. The zero-order valence-electron chi connectivity index (χ0n) is 12.2. The minimum atomic E-state index is -0.613. The van der Waals surface area contributed by atoms with Gasteiger partial charge in [-0.1, -0.05) is 58.9 Å². The number of hydrogen-bond acceptors (Lipinski definition) is 1. The van der Waals surface area contributed by atoms with Crippen LogP contribution in [-0.2, 0) is 15.6 Å². The summed E-state index contributed by atoms with van der Waals surface area (Å²) in [5.74, 6) is 0.169. The number of carbonyl (C=O) groups is 1. The molecule has 1 rings (SSSR count). The molecule has 0 radical (unpaired) electrons. The molecular formula is C16H23ClO. The highest BCUT2D eigenvalue weighted by molar-refractivity contribution is 6.65. The second-order valence-corrected chi connectivity index (χ2v) is 6.80. The Bertz CT molecular complexity index is 425. The first-order valence-corrected chi connectivity index (χ1v) is 6.79. The van der Waals surface area contributed by atoms with E-state index in [-0.39, 0.29) is 16.6 Å². The normalized spacial score (nSPS) is 15.6. The zero-order chi connectivity index (χ0) is 14.1. The molecule has 0 heterocycles. The van der Waals surface area contributed by atoms with Gasteiger partial charge in [-0.25, -0.2) is 0 Å². The second-order valence-electron chi connectivity index (χ2n) is 6.46. The van der Waals surface area contributed by atoms with Crippen LogP contribution in [0.2, 0.25) is 0 Å². The molecule has 0 spiro atoms. The fraction of sp³-hybridized carbons (Fsp3) is 0.562. The average molecular weight is 267 g/mol. The third kappa shape index (κ3) is 2.77. The van der Waals surface area contributed by atoms with Crippen LogP contribution in [0.5, 0.6) is 0 Å². The minimum absolute atomic E-state index is 0.123. The molecule has 1 aromatic rings. The Morgan fingerprint density at radius 3 is 1.67 bits per heavy atom. The highest BCUT2D eigenvalue weighted by Crippen LogP contribution is 2.35. The number of hydrogen-bond donors (Lipinski definition) is 0. The van der Waals surface area contributed by atoms with Gasteiger partial charge in [0.25, 0.3) is 0 Å². The van der Waals surface area contributed by atoms with Gasteiger partial charge in [0.15, 0.2) is 0 Å². The van der Waals surface area contributed by atoms with Crippen molar-refractivity contribution in [1.82, 2.24) is 0 Å². The predicted octanol–water partition coefficient (Wildman–Crippen LogP) is 4.66. The van der Waals surface area contributed by atoms with E-state index in [2.05, 4.69) is 32.9 Å². The summed E-state index contributed by atoms with van der Waals surface area (Å²) in [6.45, 7) is 12.5. The van der Waals surface area contributed by atoms with Crippen LogP contribution in [0.4, 0.5) is 0 Å². The Kier molecular flexibility index (Phi) is 4.27. The van der Waals surface area contributed by atoms with Crippen molar-refractivity contribution in [2.24, 2.45) is 5.92 Å². The van der Waals surface area contributed by atoms with Gasteiger partial charge < -0.3 is 0 Å². The molecule has 0 fully saturated rings. The molecule has 1 nitrogen and oxygen atoms in total. The van der Waals surface area contributed by atoms with Crippen LogP contribution in [0, 0.1) is 5.92 Å². The molecule has 0 saturated carbocycles. The van der Waals surface area contributed by atoms with Gasteiger partial charge in [-0.2, -0.15) is 0 Å². The lowest BCUT2D eigenvalue weighted by atomic mass is 9.73. The minimum Gasteiger partial charge on any atom is -0.280 e. The van der Waals surface area contributed by atoms with Crippen molar-refractivity contribution >= 4 is 16.8 Å². The summed E-state index contributed by atoms with van der Waals surface area (Å²) >= 11 is 5.81. The number of halogens is 1. The molecule has 0 aliphatic rings. The lowest BCUT2D eigenvalue weighted by Gasteiger charge is -2.31. The average Bonchev–Trinajstić information content (AvgIpc) is 2.26. The number of benzene rings is 1. The molecule has 18 heavy (non-hydrogen) atoms. The summed E-state index contributed by atoms with van der Waals surface area (Å²) in [5.41, 5.74) is 1.76. The maximum Gasteiger partial charge on any atom is 0.232 e. The maximum atomic E-state index is 11.8. The molecule has 0 bridgehead atoms. The number of carbonyl (C=O) groups excluding carboxylic acids is 1. The SMILES string of the molecule is CC(C)C(C)(C(=O)Cl)c1ccc(C(C)(C)C)cc1. The van der Waals surface area contributed by atoms with Gasteiger partial charge in [0.2, 0.25) is 5.24 Å². The summed E-state index contributed by atoms with van der Waals surface area (Å²) in [5, 5.41) is -0.291. The molecule has 1 aromatic carbocycles. The van der Waals surface area contributed by atoms with Crippen LogP contribution in [0.15, 0.2) is 24.3 Å². The van der Waals surface area contributed by atoms with Crippen molar-refractivity contribution in [1.29, 1.82) is 0 Å². The Labute approximate surface area is 116 Å². The van der Waals surface area contributed by atoms with E-state index in [0.29, 0.717) is 0 Å². The Morgan fingerprint density at radius 2 is 1.39 bits per heavy atom. The van der Waals surface area contributed by atoms with Crippen LogP contribution in [0.25, 0.3) is 0 Å². The summed E-state index contributed by atoms with van der Waals surface area (Å²) in [6.07, 6.45) is 0. The van der Waals surface area contributed by atoms with Crippen molar-refractivity contribution in [3.05, 3.63) is 35.4 Å². The van der Waals surface area contributed by atoms with Gasteiger partial charge in [0.1, 0.15) is 0 Å². The Balaban J connectivity index is 3.22. The third-order valence-electron chi connectivity index (χ3n) is 3.91. The Morgan fingerprint density at radius 1 is 1.00 bits per heavy atom. The summed E-state index contributed by atoms with van der Waals surface area (Å²) in [4.78, 5) is 11.8. The standard InChI is InChI=1S/C16H23ClO/c1-11(2)16(6,14(17)18)13-9-7-12(8-10-13)15(3,4)5/h7-11H,1-6H3. The van der Waals surface area contributed by atoms with Gasteiger partial charge in [-0.05, 0) is 41.0 Å². The van der Waals surface area contributed by atoms with Gasteiger partial charge >= 0.3 is 0 Å². The third-order valence-corrected chi connectivity index (χ3v) is 4.31. The van der Waals surface area contributed by atoms with Gasteiger partial charge in [-0.15, -0.1) is 0 Å². The van der Waals surface area contributed by atoms with Crippen molar-refractivity contribution in [2.45, 2.75) is 52.4 Å². The largest absolute Gasteiger partial charge is 0.280 e. The lowest BCUT2D eigenvalue weighted by Crippen LogP contribution is -2.35. The van der Waals surface area contributed by atoms with E-state index < -0.39 is 5.41 Å². The Hall–Kier alpha value is -0.820. The predicted molar refractivity (Wildman–Crippen MR) is 78.2 cm³/mol. The van der Waals surface area contributed by atoms with Crippen molar-refractivity contribution in [3.8, 4) is 0 Å². The first-order chi connectivity index (χ1) is 8.10. The van der Waals surface area contributed by atoms with Crippen molar-refractivity contribution < 1.29 is 4.79 Å². The molecule has 0 saturated heterocycles. The monoisotopic (exact) mass is 266 g/mol. The summed E-state index contributed by atoms with van der Waals surface area (Å²) < 4.78 is 0. The molecule has 0 aromatic heterocycles. The topological polar surface area (TPSA) is 17.1 Å². The fourth-order valence-electron chi connectivity index (χ4n) is 1.99. The quantitative estimate of drug-likeness (QED) is 0.727. The lowest BCUT2D eigenvalue weighted by molar-refractivity contribution is -0.117. The van der Waals surface area contributed by atoms with Crippen LogP contribution in [0.3, 0.4) is 0 Å². The first-order valence-electron chi connectivity index (χ1n) is 6.41. The summed E-state index contributed by atoms with van der Waals surface area (Å²) in [7, 11) is 0. The zero-order valence-corrected chi connectivity index (χ0v) is 12.9. The van der Waals surface area contributed by atoms with E-state index in [1.165, 1.54) is 5.56 Å². The summed E-state index contributed by atoms with van der Waals surface area (Å²) in [6, 6.07) is 8.24. The molecule has 0 N–H and O–H groups in total. The van der Waals surface area contributed by atoms with Crippen LogP contribution in [0.1, 0.15) is 52.7 Å². The molecule has 0 amide bonds. The van der Waals surface area contributed by atoms with Crippen LogP contribution < -0.4 is 0 Å². The maximum absolute atomic E-state index is 11.8. The van der Waals surface area contributed by atoms with E-state index in [4.69, 9.17) is 11.6 Å².